The molecule has 1 aliphatic carbocycles. The summed E-state index contributed by atoms with van der Waals surface area (Å²) in [4.78, 5) is 10.6. The van der Waals surface area contributed by atoms with Crippen molar-refractivity contribution in [2.45, 2.75) is 76.9 Å². The summed E-state index contributed by atoms with van der Waals surface area (Å²) in [7, 11) is 0. The fourth-order valence-electron chi connectivity index (χ4n) is 3.66. The van der Waals surface area contributed by atoms with Crippen LogP contribution in [0.1, 0.15) is 71.1 Å². The molecule has 0 aromatic heterocycles. The summed E-state index contributed by atoms with van der Waals surface area (Å²) in [5.41, 5.74) is 0. The average Bonchev–Trinajstić information content (AvgIpc) is 3.04. The number of rotatable bonds is 13. The van der Waals surface area contributed by atoms with Gasteiger partial charge < -0.3 is 15.3 Å². The van der Waals surface area contributed by atoms with Crippen LogP contribution in [-0.4, -0.2) is 27.1 Å². The molecule has 4 nitrogen and oxygen atoms in total. The highest BCUT2D eigenvalue weighted by molar-refractivity contribution is 5.74. The molecule has 0 saturated heterocycles. The van der Waals surface area contributed by atoms with Gasteiger partial charge in [-0.3, -0.25) is 0 Å². The molecule has 0 amide bonds. The molecule has 27 heavy (non-hydrogen) atoms. The molecule has 5 heteroatoms. The molecular formula is C22H35FO4. The van der Waals surface area contributed by atoms with Crippen molar-refractivity contribution in [1.29, 1.82) is 0 Å². The zero-order valence-corrected chi connectivity index (χ0v) is 16.4. The lowest BCUT2D eigenvalue weighted by molar-refractivity contribution is -0.205. The third-order valence-electron chi connectivity index (χ3n) is 5.48. The van der Waals surface area contributed by atoms with Gasteiger partial charge in [0.2, 0.25) is 0 Å². The van der Waals surface area contributed by atoms with Crippen LogP contribution in [0.3, 0.4) is 0 Å². The number of allylic oxidation sites excluding steroid dienone is 5. The van der Waals surface area contributed by atoms with E-state index in [1.165, 1.54) is 6.42 Å². The van der Waals surface area contributed by atoms with Crippen LogP contribution in [-0.2, 0) is 4.79 Å². The Hall–Kier alpha value is -1.46. The van der Waals surface area contributed by atoms with Gasteiger partial charge in [-0.2, -0.15) is 0 Å². The minimum Gasteiger partial charge on any atom is -0.477 e. The van der Waals surface area contributed by atoms with E-state index in [-0.39, 0.29) is 18.2 Å². The SMILES string of the molecule is C=C(F)[C@H](CC=C[C@H]1CCC[C@@H]1CC=CCCC(O)(O)C(=O)O)CCCC. The highest BCUT2D eigenvalue weighted by atomic mass is 19.1. The molecule has 1 saturated carbocycles. The van der Waals surface area contributed by atoms with E-state index in [0.29, 0.717) is 24.7 Å². The highest BCUT2D eigenvalue weighted by Crippen LogP contribution is 2.36. The third kappa shape index (κ3) is 8.85. The number of aliphatic hydroxyl groups is 2. The molecular weight excluding hydrogens is 347 g/mol. The molecule has 0 spiro atoms. The first-order valence-corrected chi connectivity index (χ1v) is 10.1. The van der Waals surface area contributed by atoms with E-state index in [1.807, 2.05) is 12.2 Å². The Kier molecular flexibility index (Phi) is 10.6. The fourth-order valence-corrected chi connectivity index (χ4v) is 3.66. The Bertz CT molecular complexity index is 524. The maximum atomic E-state index is 13.5. The fraction of sp³-hybridized carbons (Fsp3) is 0.682. The molecule has 154 valence electrons. The lowest BCUT2D eigenvalue weighted by Gasteiger charge is -2.16. The van der Waals surface area contributed by atoms with Crippen molar-refractivity contribution in [3.8, 4) is 0 Å². The number of carboxylic acids is 1. The number of carboxylic acid groups (broad SMARTS) is 1. The predicted molar refractivity (Wildman–Crippen MR) is 106 cm³/mol. The number of hydrogen-bond acceptors (Lipinski definition) is 3. The van der Waals surface area contributed by atoms with Crippen molar-refractivity contribution in [2.75, 3.05) is 0 Å². The number of carbonyl (C=O) groups is 1. The Balaban J connectivity index is 2.41. The lowest BCUT2D eigenvalue weighted by atomic mass is 9.90. The first kappa shape index (κ1) is 23.6. The maximum absolute atomic E-state index is 13.5. The Labute approximate surface area is 162 Å². The molecule has 1 aliphatic rings. The molecule has 0 aliphatic heterocycles. The van der Waals surface area contributed by atoms with E-state index < -0.39 is 11.8 Å². The van der Waals surface area contributed by atoms with E-state index in [9.17, 15) is 19.4 Å². The minimum atomic E-state index is -2.66. The Morgan fingerprint density at radius 3 is 2.67 bits per heavy atom. The third-order valence-corrected chi connectivity index (χ3v) is 5.48. The van der Waals surface area contributed by atoms with Gasteiger partial charge in [-0.25, -0.2) is 9.18 Å². The first-order chi connectivity index (χ1) is 12.8. The van der Waals surface area contributed by atoms with Crippen LogP contribution >= 0.6 is 0 Å². The zero-order valence-electron chi connectivity index (χ0n) is 16.4. The van der Waals surface area contributed by atoms with Crippen LogP contribution in [0.2, 0.25) is 0 Å². The quantitative estimate of drug-likeness (QED) is 0.305. The van der Waals surface area contributed by atoms with E-state index >= 15 is 0 Å². The minimum absolute atomic E-state index is 0.0765. The molecule has 3 N–H and O–H groups in total. The van der Waals surface area contributed by atoms with Crippen LogP contribution < -0.4 is 0 Å². The zero-order chi connectivity index (χ0) is 20.3. The van der Waals surface area contributed by atoms with Crippen molar-refractivity contribution in [3.63, 3.8) is 0 Å². The number of unbranched alkanes of at least 4 members (excludes halogenated alkanes) is 1. The van der Waals surface area contributed by atoms with Crippen molar-refractivity contribution in [2.24, 2.45) is 17.8 Å². The van der Waals surface area contributed by atoms with Gasteiger partial charge in [0, 0.05) is 12.3 Å². The summed E-state index contributed by atoms with van der Waals surface area (Å²) in [6.45, 7) is 5.58. The van der Waals surface area contributed by atoms with E-state index in [2.05, 4.69) is 25.7 Å². The summed E-state index contributed by atoms with van der Waals surface area (Å²) in [5.74, 6) is -3.55. The van der Waals surface area contributed by atoms with Crippen LogP contribution in [0.25, 0.3) is 0 Å². The molecule has 0 unspecified atom stereocenters. The largest absolute Gasteiger partial charge is 0.477 e. The molecule has 1 fully saturated rings. The Morgan fingerprint density at radius 1 is 1.30 bits per heavy atom. The van der Waals surface area contributed by atoms with Gasteiger partial charge in [-0.05, 0) is 50.4 Å². The molecule has 0 radical (unpaired) electrons. The number of aliphatic carboxylic acids is 1. The standard InChI is InChI=1S/C22H35FO4/c1-3-4-10-18(17(2)23)12-8-13-20-15-9-14-19(20)11-6-5-7-16-22(26,27)21(24)25/h5-6,8,13,18-20,26-27H,2-4,7,9-12,14-16H2,1H3,(H,24,25)/t18-,19-,20-/m0/s1. The molecule has 1 rings (SSSR count). The van der Waals surface area contributed by atoms with Crippen LogP contribution in [0.5, 0.6) is 0 Å². The molecule has 0 aromatic rings. The summed E-state index contributed by atoms with van der Waals surface area (Å²) < 4.78 is 13.5. The molecule has 0 aromatic carbocycles. The Morgan fingerprint density at radius 2 is 2.04 bits per heavy atom. The smallest absolute Gasteiger partial charge is 0.364 e. The van der Waals surface area contributed by atoms with Gasteiger partial charge in [-0.15, -0.1) is 0 Å². The highest BCUT2D eigenvalue weighted by Gasteiger charge is 2.31. The van der Waals surface area contributed by atoms with E-state index in [0.717, 1.165) is 38.5 Å². The second-order valence-electron chi connectivity index (χ2n) is 7.67. The summed E-state index contributed by atoms with van der Waals surface area (Å²) >= 11 is 0. The van der Waals surface area contributed by atoms with Gasteiger partial charge in [-0.1, -0.05) is 57.1 Å². The van der Waals surface area contributed by atoms with Gasteiger partial charge >= 0.3 is 5.97 Å². The lowest BCUT2D eigenvalue weighted by Crippen LogP contribution is -2.37. The van der Waals surface area contributed by atoms with E-state index in [1.54, 1.807) is 0 Å². The van der Waals surface area contributed by atoms with Crippen molar-refractivity contribution < 1.29 is 24.5 Å². The average molecular weight is 383 g/mol. The molecule has 0 bridgehead atoms. The second kappa shape index (κ2) is 12.1. The maximum Gasteiger partial charge on any atom is 0.364 e. The normalized spacial score (nSPS) is 21.9. The first-order valence-electron chi connectivity index (χ1n) is 10.1. The summed E-state index contributed by atoms with van der Waals surface area (Å²) in [6.07, 6.45) is 16.2. The molecule has 0 heterocycles. The van der Waals surface area contributed by atoms with Gasteiger partial charge in [0.15, 0.2) is 0 Å². The van der Waals surface area contributed by atoms with Crippen molar-refractivity contribution in [1.82, 2.24) is 0 Å². The van der Waals surface area contributed by atoms with Crippen molar-refractivity contribution in [3.05, 3.63) is 36.7 Å². The van der Waals surface area contributed by atoms with Crippen LogP contribution in [0.4, 0.5) is 4.39 Å². The monoisotopic (exact) mass is 382 g/mol. The number of halogens is 1. The van der Waals surface area contributed by atoms with Crippen LogP contribution in [0, 0.1) is 17.8 Å². The number of hydrogen-bond donors (Lipinski definition) is 3. The summed E-state index contributed by atoms with van der Waals surface area (Å²) in [6, 6.07) is 0. The van der Waals surface area contributed by atoms with Gasteiger partial charge in [0.1, 0.15) is 0 Å². The molecule has 3 atom stereocenters. The van der Waals surface area contributed by atoms with Gasteiger partial charge in [0.25, 0.3) is 5.79 Å². The van der Waals surface area contributed by atoms with Crippen LogP contribution in [0.15, 0.2) is 36.7 Å². The topological polar surface area (TPSA) is 77.8 Å². The predicted octanol–water partition coefficient (Wildman–Crippen LogP) is 5.13. The van der Waals surface area contributed by atoms with Gasteiger partial charge in [0.05, 0.1) is 5.83 Å². The van der Waals surface area contributed by atoms with E-state index in [4.69, 9.17) is 5.11 Å². The summed E-state index contributed by atoms with van der Waals surface area (Å²) in [5, 5.41) is 27.2. The second-order valence-corrected chi connectivity index (χ2v) is 7.67. The van der Waals surface area contributed by atoms with Crippen molar-refractivity contribution >= 4 is 5.97 Å².